The molecule has 1 heterocycles. The van der Waals surface area contributed by atoms with Crippen LogP contribution in [-0.4, -0.2) is 16.1 Å². The van der Waals surface area contributed by atoms with Crippen LogP contribution in [0.5, 0.6) is 5.75 Å². The van der Waals surface area contributed by atoms with Crippen LogP contribution in [0.2, 0.25) is 0 Å². The molecule has 0 atom stereocenters. The molecule has 0 spiro atoms. The zero-order chi connectivity index (χ0) is 12.3. The van der Waals surface area contributed by atoms with E-state index in [-0.39, 0.29) is 18.2 Å². The number of carboxylic acid groups (broad SMARTS) is 1. The van der Waals surface area contributed by atoms with Crippen LogP contribution in [-0.2, 0) is 6.61 Å². The molecule has 0 bridgehead atoms. The van der Waals surface area contributed by atoms with Gasteiger partial charge >= 0.3 is 5.97 Å². The van der Waals surface area contributed by atoms with E-state index in [0.29, 0.717) is 0 Å². The Morgan fingerprint density at radius 1 is 1.47 bits per heavy atom. The average molecular weight is 233 g/mol. The van der Waals surface area contributed by atoms with Gasteiger partial charge in [-0.15, -0.1) is 0 Å². The Labute approximate surface area is 97.7 Å². The molecular weight excluding hydrogens is 222 g/mol. The average Bonchev–Trinajstić information content (AvgIpc) is 2.77. The predicted molar refractivity (Wildman–Crippen MR) is 59.0 cm³/mol. The summed E-state index contributed by atoms with van der Waals surface area (Å²) in [5.74, 6) is -0.149. The van der Waals surface area contributed by atoms with Crippen LogP contribution in [0.15, 0.2) is 34.9 Å². The number of aromatic nitrogens is 1. The molecule has 0 radical (unpaired) electrons. The standard InChI is InChI=1S/C12H11NO4/c1-8-4-2-3-5-10(8)16-7-11-13-9(6-17-11)12(14)15/h2-6H,7H2,1H3,(H,14,15). The largest absolute Gasteiger partial charge is 0.484 e. The first kappa shape index (κ1) is 11.2. The van der Waals surface area contributed by atoms with Gasteiger partial charge in [0.1, 0.15) is 12.0 Å². The molecule has 0 aliphatic rings. The minimum Gasteiger partial charge on any atom is -0.484 e. The molecule has 0 saturated heterocycles. The van der Waals surface area contributed by atoms with Crippen molar-refractivity contribution in [2.24, 2.45) is 0 Å². The monoisotopic (exact) mass is 233 g/mol. The van der Waals surface area contributed by atoms with Crippen molar-refractivity contribution < 1.29 is 19.1 Å². The van der Waals surface area contributed by atoms with Crippen LogP contribution in [0.1, 0.15) is 21.9 Å². The van der Waals surface area contributed by atoms with E-state index >= 15 is 0 Å². The van der Waals surface area contributed by atoms with Crippen LogP contribution in [0, 0.1) is 6.92 Å². The molecule has 0 fully saturated rings. The number of aryl methyl sites for hydroxylation is 1. The Morgan fingerprint density at radius 3 is 2.88 bits per heavy atom. The second kappa shape index (κ2) is 4.69. The fraction of sp³-hybridized carbons (Fsp3) is 0.167. The summed E-state index contributed by atoms with van der Waals surface area (Å²) in [5.41, 5.74) is 0.880. The molecule has 2 aromatic rings. The highest BCUT2D eigenvalue weighted by molar-refractivity contribution is 5.84. The highest BCUT2D eigenvalue weighted by atomic mass is 16.5. The summed E-state index contributed by atoms with van der Waals surface area (Å²) in [7, 11) is 0. The van der Waals surface area contributed by atoms with E-state index in [2.05, 4.69) is 4.98 Å². The minimum atomic E-state index is -1.11. The van der Waals surface area contributed by atoms with Gasteiger partial charge < -0.3 is 14.3 Å². The molecule has 2 rings (SSSR count). The van der Waals surface area contributed by atoms with E-state index in [4.69, 9.17) is 14.3 Å². The SMILES string of the molecule is Cc1ccccc1OCc1nc(C(=O)O)co1. The van der Waals surface area contributed by atoms with Gasteiger partial charge in [0.05, 0.1) is 0 Å². The number of hydrogen-bond acceptors (Lipinski definition) is 4. The Balaban J connectivity index is 2.02. The Morgan fingerprint density at radius 2 is 2.24 bits per heavy atom. The molecular formula is C12H11NO4. The molecule has 5 nitrogen and oxygen atoms in total. The summed E-state index contributed by atoms with van der Waals surface area (Å²) in [6.07, 6.45) is 1.10. The molecule has 1 aromatic carbocycles. The Hall–Kier alpha value is -2.30. The quantitative estimate of drug-likeness (QED) is 0.876. The fourth-order valence-corrected chi connectivity index (χ4v) is 1.33. The Kier molecular flexibility index (Phi) is 3.09. The van der Waals surface area contributed by atoms with Crippen molar-refractivity contribution in [2.45, 2.75) is 13.5 Å². The van der Waals surface area contributed by atoms with E-state index in [1.807, 2.05) is 31.2 Å². The van der Waals surface area contributed by atoms with Crippen molar-refractivity contribution >= 4 is 5.97 Å². The molecule has 1 aromatic heterocycles. The van der Waals surface area contributed by atoms with Gasteiger partial charge in [-0.05, 0) is 18.6 Å². The third kappa shape index (κ3) is 2.63. The first-order chi connectivity index (χ1) is 8.16. The predicted octanol–water partition coefficient (Wildman–Crippen LogP) is 2.26. The second-order valence-electron chi connectivity index (χ2n) is 3.49. The van der Waals surface area contributed by atoms with Crippen LogP contribution in [0.3, 0.4) is 0 Å². The second-order valence-corrected chi connectivity index (χ2v) is 3.49. The molecule has 1 N–H and O–H groups in total. The van der Waals surface area contributed by atoms with Gasteiger partial charge in [0, 0.05) is 0 Å². The van der Waals surface area contributed by atoms with Crippen molar-refractivity contribution in [3.05, 3.63) is 47.7 Å². The highest BCUT2D eigenvalue weighted by Gasteiger charge is 2.10. The van der Waals surface area contributed by atoms with Crippen molar-refractivity contribution in [3.8, 4) is 5.75 Å². The maximum atomic E-state index is 10.6. The van der Waals surface area contributed by atoms with Crippen molar-refractivity contribution in [1.82, 2.24) is 4.98 Å². The molecule has 0 aliphatic carbocycles. The number of benzene rings is 1. The number of carbonyl (C=O) groups is 1. The minimum absolute atomic E-state index is 0.109. The molecule has 0 unspecified atom stereocenters. The lowest BCUT2D eigenvalue weighted by Crippen LogP contribution is -2.00. The smallest absolute Gasteiger partial charge is 0.357 e. The number of nitrogens with zero attached hydrogens (tertiary/aromatic N) is 1. The van der Waals surface area contributed by atoms with Crippen molar-refractivity contribution in [1.29, 1.82) is 0 Å². The summed E-state index contributed by atoms with van der Waals surface area (Å²) >= 11 is 0. The van der Waals surface area contributed by atoms with E-state index in [1.165, 1.54) is 0 Å². The first-order valence-electron chi connectivity index (χ1n) is 5.03. The maximum absolute atomic E-state index is 10.6. The van der Waals surface area contributed by atoms with E-state index in [0.717, 1.165) is 17.6 Å². The molecule has 0 aliphatic heterocycles. The lowest BCUT2D eigenvalue weighted by Gasteiger charge is -2.05. The lowest BCUT2D eigenvalue weighted by atomic mass is 10.2. The third-order valence-corrected chi connectivity index (χ3v) is 2.22. The normalized spacial score (nSPS) is 10.2. The molecule has 17 heavy (non-hydrogen) atoms. The van der Waals surface area contributed by atoms with E-state index < -0.39 is 5.97 Å². The Bertz CT molecular complexity index is 533. The van der Waals surface area contributed by atoms with Crippen LogP contribution in [0.4, 0.5) is 0 Å². The van der Waals surface area contributed by atoms with Crippen LogP contribution < -0.4 is 4.74 Å². The summed E-state index contributed by atoms with van der Waals surface area (Å²) in [6, 6.07) is 7.53. The third-order valence-electron chi connectivity index (χ3n) is 2.22. The van der Waals surface area contributed by atoms with E-state index in [9.17, 15) is 4.79 Å². The summed E-state index contributed by atoms with van der Waals surface area (Å²) in [6.45, 7) is 2.03. The van der Waals surface area contributed by atoms with E-state index in [1.54, 1.807) is 0 Å². The number of carboxylic acids is 1. The number of rotatable bonds is 4. The topological polar surface area (TPSA) is 72.6 Å². The zero-order valence-corrected chi connectivity index (χ0v) is 9.21. The summed E-state index contributed by atoms with van der Waals surface area (Å²) in [4.78, 5) is 14.3. The molecule has 0 amide bonds. The maximum Gasteiger partial charge on any atom is 0.357 e. The van der Waals surface area contributed by atoms with Gasteiger partial charge in [-0.1, -0.05) is 18.2 Å². The molecule has 88 valence electrons. The number of ether oxygens (including phenoxy) is 1. The van der Waals surface area contributed by atoms with Gasteiger partial charge in [-0.3, -0.25) is 0 Å². The molecule has 0 saturated carbocycles. The summed E-state index contributed by atoms with van der Waals surface area (Å²) < 4.78 is 10.4. The lowest BCUT2D eigenvalue weighted by molar-refractivity contribution is 0.0690. The summed E-state index contributed by atoms with van der Waals surface area (Å²) in [5, 5.41) is 8.66. The van der Waals surface area contributed by atoms with Gasteiger partial charge in [0.25, 0.3) is 0 Å². The van der Waals surface area contributed by atoms with Gasteiger partial charge in [0.15, 0.2) is 12.3 Å². The molecule has 5 heteroatoms. The number of hydrogen-bond donors (Lipinski definition) is 1. The number of para-hydroxylation sites is 1. The first-order valence-corrected chi connectivity index (χ1v) is 5.03. The number of aromatic carboxylic acids is 1. The highest BCUT2D eigenvalue weighted by Crippen LogP contribution is 2.17. The fourth-order valence-electron chi connectivity index (χ4n) is 1.33. The van der Waals surface area contributed by atoms with Gasteiger partial charge in [0.2, 0.25) is 5.89 Å². The van der Waals surface area contributed by atoms with Crippen LogP contribution >= 0.6 is 0 Å². The van der Waals surface area contributed by atoms with Crippen LogP contribution in [0.25, 0.3) is 0 Å². The van der Waals surface area contributed by atoms with Crippen molar-refractivity contribution in [3.63, 3.8) is 0 Å². The van der Waals surface area contributed by atoms with Gasteiger partial charge in [-0.2, -0.15) is 0 Å². The number of oxazole rings is 1. The van der Waals surface area contributed by atoms with Crippen molar-refractivity contribution in [2.75, 3.05) is 0 Å². The van der Waals surface area contributed by atoms with Gasteiger partial charge in [-0.25, -0.2) is 9.78 Å². The zero-order valence-electron chi connectivity index (χ0n) is 9.21.